The lowest BCUT2D eigenvalue weighted by atomic mass is 9.78. The molecule has 1 spiro atoms. The number of carbonyl (C=O) groups excluding carboxylic acids is 1. The average Bonchev–Trinajstić information content (AvgIpc) is 3.29. The van der Waals surface area contributed by atoms with Crippen molar-refractivity contribution >= 4 is 21.6 Å². The van der Waals surface area contributed by atoms with Gasteiger partial charge in [0.15, 0.2) is 0 Å². The number of carbonyl (C=O) groups is 1. The molecule has 33 heavy (non-hydrogen) atoms. The first-order valence-electron chi connectivity index (χ1n) is 11.0. The average molecular weight is 476 g/mol. The van der Waals surface area contributed by atoms with Crippen molar-refractivity contribution in [1.29, 1.82) is 0 Å². The van der Waals surface area contributed by atoms with E-state index in [0.29, 0.717) is 43.9 Å². The van der Waals surface area contributed by atoms with Crippen molar-refractivity contribution in [2.24, 2.45) is 12.5 Å². The van der Waals surface area contributed by atoms with Crippen LogP contribution in [0.4, 0.5) is 5.69 Å². The van der Waals surface area contributed by atoms with Gasteiger partial charge in [-0.1, -0.05) is 12.1 Å². The molecule has 11 heteroatoms. The van der Waals surface area contributed by atoms with Crippen LogP contribution in [0.3, 0.4) is 0 Å². The van der Waals surface area contributed by atoms with Crippen molar-refractivity contribution in [3.05, 3.63) is 50.8 Å². The molecular weight excluding hydrogens is 446 g/mol. The minimum Gasteiger partial charge on any atom is -0.337 e. The van der Waals surface area contributed by atoms with Gasteiger partial charge in [0.1, 0.15) is 5.69 Å². The number of hydrogen-bond donors (Lipinski definition) is 0. The van der Waals surface area contributed by atoms with E-state index in [0.717, 1.165) is 17.5 Å². The number of amides is 1. The van der Waals surface area contributed by atoms with Crippen LogP contribution in [0, 0.1) is 36.3 Å². The SMILES string of the molecule is Cc1ccc(C)c(S(=O)(=O)N2CCC3(CCN(C(=O)c4c([N+](=O)[O-])c(C)nn4C)C3)CC2)c1. The Morgan fingerprint density at radius 3 is 2.39 bits per heavy atom. The Kier molecular flexibility index (Phi) is 5.81. The fourth-order valence-electron chi connectivity index (χ4n) is 5.10. The van der Waals surface area contributed by atoms with Crippen LogP contribution in [-0.4, -0.2) is 64.4 Å². The van der Waals surface area contributed by atoms with Gasteiger partial charge < -0.3 is 4.90 Å². The Hall–Kier alpha value is -2.79. The number of rotatable bonds is 4. The summed E-state index contributed by atoms with van der Waals surface area (Å²) in [4.78, 5) is 26.1. The van der Waals surface area contributed by atoms with E-state index < -0.39 is 20.9 Å². The highest BCUT2D eigenvalue weighted by atomic mass is 32.2. The number of nitro groups is 1. The van der Waals surface area contributed by atoms with Crippen LogP contribution in [0.2, 0.25) is 0 Å². The number of piperidine rings is 1. The number of sulfonamides is 1. The van der Waals surface area contributed by atoms with E-state index >= 15 is 0 Å². The predicted octanol–water partition coefficient (Wildman–Crippen LogP) is 2.57. The van der Waals surface area contributed by atoms with Crippen molar-refractivity contribution < 1.29 is 18.1 Å². The second-order valence-electron chi connectivity index (χ2n) is 9.31. The summed E-state index contributed by atoms with van der Waals surface area (Å²) in [5.41, 5.74) is 1.40. The molecule has 0 aliphatic carbocycles. The maximum Gasteiger partial charge on any atom is 0.322 e. The maximum atomic E-state index is 13.3. The number of aryl methyl sites for hydroxylation is 4. The lowest BCUT2D eigenvalue weighted by Gasteiger charge is -2.38. The van der Waals surface area contributed by atoms with Crippen LogP contribution in [0.1, 0.15) is 46.6 Å². The molecule has 0 bridgehead atoms. The van der Waals surface area contributed by atoms with Gasteiger partial charge in [0.2, 0.25) is 15.7 Å². The second-order valence-corrected chi connectivity index (χ2v) is 11.2. The maximum absolute atomic E-state index is 13.3. The molecule has 2 fully saturated rings. The molecule has 1 amide bonds. The third-order valence-corrected chi connectivity index (χ3v) is 9.09. The van der Waals surface area contributed by atoms with Crippen LogP contribution < -0.4 is 0 Å². The molecule has 3 heterocycles. The summed E-state index contributed by atoms with van der Waals surface area (Å²) in [6, 6.07) is 5.44. The highest BCUT2D eigenvalue weighted by Crippen LogP contribution is 2.42. The van der Waals surface area contributed by atoms with E-state index in [2.05, 4.69) is 5.10 Å². The molecule has 2 aliphatic heterocycles. The number of benzene rings is 1. The molecule has 178 valence electrons. The normalized spacial score (nSPS) is 18.7. The fourth-order valence-corrected chi connectivity index (χ4v) is 6.85. The minimum atomic E-state index is -3.59. The molecule has 1 aromatic carbocycles. The van der Waals surface area contributed by atoms with Crippen molar-refractivity contribution in [1.82, 2.24) is 19.0 Å². The summed E-state index contributed by atoms with van der Waals surface area (Å²) in [6.07, 6.45) is 2.04. The highest BCUT2D eigenvalue weighted by molar-refractivity contribution is 7.89. The summed E-state index contributed by atoms with van der Waals surface area (Å²) in [6.45, 7) is 6.94. The molecule has 0 N–H and O–H groups in total. The first-order valence-corrected chi connectivity index (χ1v) is 12.4. The number of aromatic nitrogens is 2. The van der Waals surface area contributed by atoms with E-state index in [1.165, 1.54) is 18.7 Å². The summed E-state index contributed by atoms with van der Waals surface area (Å²) >= 11 is 0. The van der Waals surface area contributed by atoms with E-state index in [1.54, 1.807) is 22.2 Å². The van der Waals surface area contributed by atoms with Gasteiger partial charge in [0.25, 0.3) is 5.91 Å². The van der Waals surface area contributed by atoms with E-state index in [4.69, 9.17) is 0 Å². The molecule has 0 unspecified atom stereocenters. The molecular formula is C22H29N5O5S. The molecule has 4 rings (SSSR count). The third-order valence-electron chi connectivity index (χ3n) is 7.05. The molecule has 0 radical (unpaired) electrons. The molecule has 10 nitrogen and oxygen atoms in total. The van der Waals surface area contributed by atoms with E-state index in [9.17, 15) is 23.3 Å². The first kappa shape index (κ1) is 23.4. The number of nitrogens with zero attached hydrogens (tertiary/aromatic N) is 5. The molecule has 0 saturated carbocycles. The first-order chi connectivity index (χ1) is 15.4. The van der Waals surface area contributed by atoms with Gasteiger partial charge in [-0.3, -0.25) is 19.6 Å². The zero-order valence-electron chi connectivity index (χ0n) is 19.4. The molecule has 1 aromatic heterocycles. The Balaban J connectivity index is 1.48. The molecule has 2 saturated heterocycles. The van der Waals surface area contributed by atoms with Gasteiger partial charge >= 0.3 is 5.69 Å². The van der Waals surface area contributed by atoms with Gasteiger partial charge in [-0.15, -0.1) is 0 Å². The van der Waals surface area contributed by atoms with Crippen LogP contribution in [-0.2, 0) is 17.1 Å². The van der Waals surface area contributed by atoms with E-state index in [-0.39, 0.29) is 22.5 Å². The predicted molar refractivity (Wildman–Crippen MR) is 121 cm³/mol. The topological polar surface area (TPSA) is 119 Å². The summed E-state index contributed by atoms with van der Waals surface area (Å²) in [7, 11) is -2.05. The fraction of sp³-hybridized carbons (Fsp3) is 0.545. The lowest BCUT2D eigenvalue weighted by molar-refractivity contribution is -0.385. The standard InChI is InChI=1S/C22H29N5O5S/c1-15-5-6-16(2)18(13-15)33(31,32)26-11-8-22(9-12-26)7-10-25(14-22)21(28)20-19(27(29)30)17(3)23-24(20)4/h5-6,13H,7-12,14H2,1-4H3. The Labute approximate surface area is 193 Å². The lowest BCUT2D eigenvalue weighted by Crippen LogP contribution is -2.44. The smallest absolute Gasteiger partial charge is 0.322 e. The largest absolute Gasteiger partial charge is 0.337 e. The second kappa shape index (κ2) is 8.21. The summed E-state index contributed by atoms with van der Waals surface area (Å²) in [5, 5.41) is 15.5. The van der Waals surface area contributed by atoms with Crippen molar-refractivity contribution in [3.8, 4) is 0 Å². The number of hydrogen-bond acceptors (Lipinski definition) is 6. The monoisotopic (exact) mass is 475 g/mol. The quantitative estimate of drug-likeness (QED) is 0.495. The Bertz CT molecular complexity index is 1230. The third kappa shape index (κ3) is 4.04. The zero-order valence-corrected chi connectivity index (χ0v) is 20.2. The van der Waals surface area contributed by atoms with Gasteiger partial charge in [-0.25, -0.2) is 8.42 Å². The number of likely N-dealkylation sites (tertiary alicyclic amines) is 1. The van der Waals surface area contributed by atoms with E-state index in [1.807, 2.05) is 19.1 Å². The van der Waals surface area contributed by atoms with Crippen molar-refractivity contribution in [2.45, 2.75) is 44.9 Å². The Morgan fingerprint density at radius 2 is 1.76 bits per heavy atom. The Morgan fingerprint density at radius 1 is 1.12 bits per heavy atom. The van der Waals surface area contributed by atoms with Crippen LogP contribution in [0.15, 0.2) is 23.1 Å². The zero-order chi connectivity index (χ0) is 24.1. The van der Waals surface area contributed by atoms with Crippen molar-refractivity contribution in [2.75, 3.05) is 26.2 Å². The minimum absolute atomic E-state index is 0.00973. The van der Waals surface area contributed by atoms with Crippen LogP contribution in [0.25, 0.3) is 0 Å². The summed E-state index contributed by atoms with van der Waals surface area (Å²) < 4.78 is 29.3. The van der Waals surface area contributed by atoms with Gasteiger partial charge in [-0.2, -0.15) is 9.40 Å². The van der Waals surface area contributed by atoms with Crippen molar-refractivity contribution in [3.63, 3.8) is 0 Å². The van der Waals surface area contributed by atoms with Crippen LogP contribution in [0.5, 0.6) is 0 Å². The highest BCUT2D eigenvalue weighted by Gasteiger charge is 2.45. The van der Waals surface area contributed by atoms with Gasteiger partial charge in [0, 0.05) is 33.2 Å². The van der Waals surface area contributed by atoms with Gasteiger partial charge in [0.05, 0.1) is 9.82 Å². The van der Waals surface area contributed by atoms with Gasteiger partial charge in [-0.05, 0) is 62.6 Å². The molecule has 2 aromatic rings. The molecule has 2 aliphatic rings. The van der Waals surface area contributed by atoms with Crippen LogP contribution >= 0.6 is 0 Å². The summed E-state index contributed by atoms with van der Waals surface area (Å²) in [5.74, 6) is -0.396. The molecule has 0 atom stereocenters.